The number of esters is 1. The second-order valence-corrected chi connectivity index (χ2v) is 6.69. The molecule has 0 aromatic rings. The van der Waals surface area contributed by atoms with E-state index < -0.39 is 5.60 Å². The molecule has 1 N–H and O–H groups in total. The zero-order valence-electron chi connectivity index (χ0n) is 15.4. The summed E-state index contributed by atoms with van der Waals surface area (Å²) < 4.78 is 4.91. The van der Waals surface area contributed by atoms with Crippen LogP contribution in [0.3, 0.4) is 0 Å². The lowest BCUT2D eigenvalue weighted by Crippen LogP contribution is -2.37. The average molecular weight is 322 g/mol. The van der Waals surface area contributed by atoms with Crippen LogP contribution in [0.2, 0.25) is 0 Å². The van der Waals surface area contributed by atoms with Gasteiger partial charge in [0.1, 0.15) is 0 Å². The smallest absolute Gasteiger partial charge is 0.309 e. The molecule has 0 heterocycles. The minimum absolute atomic E-state index is 0.0836. The first-order chi connectivity index (χ1) is 11.0. The molecule has 1 aliphatic rings. The number of carbonyl (C=O) groups excluding carboxylic acids is 1. The summed E-state index contributed by atoms with van der Waals surface area (Å²) in [5, 5.41) is 10.3. The number of rotatable bonds is 11. The number of ether oxygens (including phenoxy) is 1. The van der Waals surface area contributed by atoms with Gasteiger partial charge in [-0.25, -0.2) is 0 Å². The Hall–Kier alpha value is -1.09. The van der Waals surface area contributed by atoms with Gasteiger partial charge in [-0.05, 0) is 44.9 Å². The molecular weight excluding hydrogens is 288 g/mol. The molecule has 0 aliphatic heterocycles. The largest absolute Gasteiger partial charge is 0.466 e. The van der Waals surface area contributed by atoms with Gasteiger partial charge in [-0.1, -0.05) is 50.5 Å². The number of aliphatic hydroxyl groups is 1. The molecule has 0 fully saturated rings. The molecule has 0 radical (unpaired) electrons. The summed E-state index contributed by atoms with van der Waals surface area (Å²) in [6.45, 7) is 8.83. The quantitative estimate of drug-likeness (QED) is 0.433. The Morgan fingerprint density at radius 3 is 2.52 bits per heavy atom. The first kappa shape index (κ1) is 20.0. The van der Waals surface area contributed by atoms with Crippen LogP contribution in [-0.2, 0) is 9.53 Å². The fourth-order valence-corrected chi connectivity index (χ4v) is 3.33. The highest BCUT2D eigenvalue weighted by Gasteiger charge is 2.37. The second-order valence-electron chi connectivity index (χ2n) is 6.69. The van der Waals surface area contributed by atoms with Gasteiger partial charge in [0.2, 0.25) is 0 Å². The molecule has 23 heavy (non-hydrogen) atoms. The second kappa shape index (κ2) is 9.92. The fraction of sp³-hybridized carbons (Fsp3) is 0.750. The molecule has 0 saturated carbocycles. The highest BCUT2D eigenvalue weighted by molar-refractivity contribution is 5.71. The molecule has 132 valence electrons. The number of carbonyl (C=O) groups is 1. The van der Waals surface area contributed by atoms with Crippen LogP contribution in [0.1, 0.15) is 79.1 Å². The zero-order valence-corrected chi connectivity index (χ0v) is 15.4. The molecule has 0 saturated heterocycles. The van der Waals surface area contributed by atoms with Crippen LogP contribution in [0.15, 0.2) is 23.3 Å². The summed E-state index contributed by atoms with van der Waals surface area (Å²) in [6.07, 6.45) is 11.8. The van der Waals surface area contributed by atoms with Gasteiger partial charge in [-0.2, -0.15) is 0 Å². The minimum Gasteiger partial charge on any atom is -0.466 e. The fourth-order valence-electron chi connectivity index (χ4n) is 3.33. The normalized spacial score (nSPS) is 21.2. The van der Waals surface area contributed by atoms with Crippen molar-refractivity contribution in [2.24, 2.45) is 5.92 Å². The van der Waals surface area contributed by atoms with Gasteiger partial charge in [0.05, 0.1) is 18.6 Å². The predicted octanol–water partition coefficient (Wildman–Crippen LogP) is 4.94. The van der Waals surface area contributed by atoms with Crippen LogP contribution in [0.4, 0.5) is 0 Å². The third kappa shape index (κ3) is 6.90. The Bertz CT molecular complexity index is 430. The average Bonchev–Trinajstić information content (AvgIpc) is 2.48. The van der Waals surface area contributed by atoms with Gasteiger partial charge < -0.3 is 9.84 Å². The molecule has 2 atom stereocenters. The number of hydrogen-bond acceptors (Lipinski definition) is 3. The van der Waals surface area contributed by atoms with E-state index in [-0.39, 0.29) is 12.4 Å². The molecule has 0 amide bonds. The lowest BCUT2D eigenvalue weighted by atomic mass is 9.75. The van der Waals surface area contributed by atoms with Crippen LogP contribution in [0, 0.1) is 5.92 Å². The van der Waals surface area contributed by atoms with E-state index in [0.29, 0.717) is 18.9 Å². The number of hydrogen-bond donors (Lipinski definition) is 1. The van der Waals surface area contributed by atoms with Crippen LogP contribution >= 0.6 is 0 Å². The standard InChI is InChI=1S/C20H34O3/c1-5-16(6-2)10-9-11-17(7-3)12-18-13-20(22,14-18)15-19(21)23-8-4/h10,13,17,22H,5-9,11-12,14-15H2,1-4H3. The predicted molar refractivity (Wildman–Crippen MR) is 95.2 cm³/mol. The van der Waals surface area contributed by atoms with Crippen molar-refractivity contribution in [3.63, 3.8) is 0 Å². The zero-order chi connectivity index (χ0) is 17.3. The van der Waals surface area contributed by atoms with Gasteiger partial charge in [0.25, 0.3) is 0 Å². The molecule has 3 nitrogen and oxygen atoms in total. The monoisotopic (exact) mass is 322 g/mol. The first-order valence-electron chi connectivity index (χ1n) is 9.22. The number of allylic oxidation sites excluding steroid dienone is 2. The van der Waals surface area contributed by atoms with Gasteiger partial charge >= 0.3 is 5.97 Å². The van der Waals surface area contributed by atoms with Crippen molar-refractivity contribution in [2.45, 2.75) is 84.7 Å². The Labute approximate surface area is 141 Å². The van der Waals surface area contributed by atoms with E-state index in [2.05, 4.69) is 26.8 Å². The van der Waals surface area contributed by atoms with Crippen molar-refractivity contribution in [3.05, 3.63) is 23.3 Å². The van der Waals surface area contributed by atoms with E-state index in [1.165, 1.54) is 12.0 Å². The molecule has 0 aromatic carbocycles. The van der Waals surface area contributed by atoms with Crippen molar-refractivity contribution < 1.29 is 14.6 Å². The summed E-state index contributed by atoms with van der Waals surface area (Å²) >= 11 is 0. The van der Waals surface area contributed by atoms with Crippen molar-refractivity contribution >= 4 is 5.97 Å². The molecule has 3 heteroatoms. The SMILES string of the molecule is CCOC(=O)CC1(O)C=C(CC(CC)CCC=C(CC)CC)C1. The summed E-state index contributed by atoms with van der Waals surface area (Å²) in [7, 11) is 0. The molecule has 0 aromatic heterocycles. The lowest BCUT2D eigenvalue weighted by Gasteiger charge is -2.35. The van der Waals surface area contributed by atoms with E-state index >= 15 is 0 Å². The maximum Gasteiger partial charge on any atom is 0.309 e. The van der Waals surface area contributed by atoms with Crippen molar-refractivity contribution in [3.8, 4) is 0 Å². The molecular formula is C20H34O3. The van der Waals surface area contributed by atoms with E-state index in [1.807, 2.05) is 6.08 Å². The van der Waals surface area contributed by atoms with E-state index in [4.69, 9.17) is 4.74 Å². The summed E-state index contributed by atoms with van der Waals surface area (Å²) in [6, 6.07) is 0. The Balaban J connectivity index is 2.41. The van der Waals surface area contributed by atoms with Gasteiger partial charge in [0, 0.05) is 6.42 Å². The highest BCUT2D eigenvalue weighted by atomic mass is 16.5. The lowest BCUT2D eigenvalue weighted by molar-refractivity contribution is -0.147. The van der Waals surface area contributed by atoms with E-state index in [9.17, 15) is 9.90 Å². The van der Waals surface area contributed by atoms with Gasteiger partial charge in [0.15, 0.2) is 0 Å². The Morgan fingerprint density at radius 1 is 1.35 bits per heavy atom. The molecule has 1 rings (SSSR count). The van der Waals surface area contributed by atoms with Gasteiger partial charge in [-0.3, -0.25) is 4.79 Å². The maximum atomic E-state index is 11.5. The van der Waals surface area contributed by atoms with Crippen molar-refractivity contribution in [1.82, 2.24) is 0 Å². The molecule has 2 unspecified atom stereocenters. The third-order valence-electron chi connectivity index (χ3n) is 4.81. The highest BCUT2D eigenvalue weighted by Crippen LogP contribution is 2.38. The van der Waals surface area contributed by atoms with Crippen molar-refractivity contribution in [1.29, 1.82) is 0 Å². The Morgan fingerprint density at radius 2 is 2.00 bits per heavy atom. The molecule has 0 spiro atoms. The van der Waals surface area contributed by atoms with E-state index in [1.54, 1.807) is 12.5 Å². The summed E-state index contributed by atoms with van der Waals surface area (Å²) in [4.78, 5) is 11.5. The van der Waals surface area contributed by atoms with Gasteiger partial charge in [-0.15, -0.1) is 0 Å². The maximum absolute atomic E-state index is 11.5. The van der Waals surface area contributed by atoms with Crippen LogP contribution in [-0.4, -0.2) is 23.3 Å². The third-order valence-corrected chi connectivity index (χ3v) is 4.81. The summed E-state index contributed by atoms with van der Waals surface area (Å²) in [5.41, 5.74) is 1.88. The minimum atomic E-state index is -0.961. The molecule has 1 aliphatic carbocycles. The van der Waals surface area contributed by atoms with Crippen molar-refractivity contribution in [2.75, 3.05) is 6.61 Å². The summed E-state index contributed by atoms with van der Waals surface area (Å²) in [5.74, 6) is 0.355. The van der Waals surface area contributed by atoms with Crippen LogP contribution in [0.25, 0.3) is 0 Å². The van der Waals surface area contributed by atoms with E-state index in [0.717, 1.165) is 32.1 Å². The molecule has 0 bridgehead atoms. The van der Waals surface area contributed by atoms with Crippen LogP contribution < -0.4 is 0 Å². The topological polar surface area (TPSA) is 46.5 Å². The van der Waals surface area contributed by atoms with Crippen LogP contribution in [0.5, 0.6) is 0 Å². The first-order valence-corrected chi connectivity index (χ1v) is 9.22. The Kier molecular flexibility index (Phi) is 8.60.